The normalized spacial score (nSPS) is 23.1. The van der Waals surface area contributed by atoms with Gasteiger partial charge in [0.05, 0.1) is 0 Å². The summed E-state index contributed by atoms with van der Waals surface area (Å²) in [5.41, 5.74) is 0.710. The van der Waals surface area contributed by atoms with Crippen molar-refractivity contribution in [3.05, 3.63) is 29.6 Å². The number of aromatic hydroxyl groups is 1. The lowest BCUT2D eigenvalue weighted by Crippen LogP contribution is -2.47. The maximum absolute atomic E-state index is 14.4. The number of nitrogens with zero attached hydrogens (tertiary/aromatic N) is 1. The highest BCUT2D eigenvalue weighted by molar-refractivity contribution is 5.30. The number of phenols is 1. The van der Waals surface area contributed by atoms with Crippen LogP contribution in [-0.2, 0) is 4.74 Å². The first-order valence-corrected chi connectivity index (χ1v) is 7.76. The summed E-state index contributed by atoms with van der Waals surface area (Å²) in [6.07, 6.45) is 1.93. The van der Waals surface area contributed by atoms with E-state index in [1.807, 2.05) is 0 Å². The van der Waals surface area contributed by atoms with Crippen molar-refractivity contribution < 1.29 is 14.2 Å². The second kappa shape index (κ2) is 6.73. The van der Waals surface area contributed by atoms with Crippen molar-refractivity contribution in [2.75, 3.05) is 39.4 Å². The van der Waals surface area contributed by atoms with Gasteiger partial charge >= 0.3 is 0 Å². The minimum absolute atomic E-state index is 0.0118. The summed E-state index contributed by atoms with van der Waals surface area (Å²) in [6.45, 7) is 5.27. The summed E-state index contributed by atoms with van der Waals surface area (Å²) in [7, 11) is 0. The Kier molecular flexibility index (Phi) is 4.73. The number of ether oxygens (including phenoxy) is 1. The lowest BCUT2D eigenvalue weighted by atomic mass is 9.85. The van der Waals surface area contributed by atoms with Crippen LogP contribution in [0, 0.1) is 11.7 Å². The van der Waals surface area contributed by atoms with Crippen LogP contribution in [0.15, 0.2) is 18.2 Å². The zero-order chi connectivity index (χ0) is 14.7. The van der Waals surface area contributed by atoms with Gasteiger partial charge in [-0.15, -0.1) is 0 Å². The summed E-state index contributed by atoms with van der Waals surface area (Å²) >= 11 is 0. The lowest BCUT2D eigenvalue weighted by molar-refractivity contribution is 0.0202. The van der Waals surface area contributed by atoms with Gasteiger partial charge < -0.3 is 15.2 Å². The van der Waals surface area contributed by atoms with Gasteiger partial charge in [0.25, 0.3) is 0 Å². The van der Waals surface area contributed by atoms with Gasteiger partial charge in [-0.3, -0.25) is 4.90 Å². The quantitative estimate of drug-likeness (QED) is 0.894. The third kappa shape index (κ3) is 3.36. The molecular weight excluding hydrogens is 271 g/mol. The molecule has 0 radical (unpaired) electrons. The van der Waals surface area contributed by atoms with Gasteiger partial charge in [0.1, 0.15) is 11.6 Å². The highest BCUT2D eigenvalue weighted by atomic mass is 19.1. The maximum atomic E-state index is 14.4. The molecule has 1 aromatic carbocycles. The van der Waals surface area contributed by atoms with Crippen molar-refractivity contribution in [1.82, 2.24) is 10.2 Å². The van der Waals surface area contributed by atoms with Crippen LogP contribution in [0.2, 0.25) is 0 Å². The smallest absolute Gasteiger partial charge is 0.131 e. The van der Waals surface area contributed by atoms with Crippen LogP contribution in [0.5, 0.6) is 5.75 Å². The van der Waals surface area contributed by atoms with Gasteiger partial charge in [-0.25, -0.2) is 4.39 Å². The zero-order valence-corrected chi connectivity index (χ0v) is 12.2. The number of nitrogens with one attached hydrogen (secondary N) is 1. The largest absolute Gasteiger partial charge is 0.508 e. The first-order chi connectivity index (χ1) is 10.3. The molecule has 4 nitrogen and oxygen atoms in total. The highest BCUT2D eigenvalue weighted by Crippen LogP contribution is 2.37. The van der Waals surface area contributed by atoms with E-state index in [1.54, 1.807) is 12.1 Å². The molecule has 0 bridgehead atoms. The minimum atomic E-state index is -0.301. The van der Waals surface area contributed by atoms with Crippen molar-refractivity contribution in [3.63, 3.8) is 0 Å². The van der Waals surface area contributed by atoms with Crippen molar-refractivity contribution in [3.8, 4) is 5.75 Å². The van der Waals surface area contributed by atoms with Crippen LogP contribution >= 0.6 is 0 Å². The predicted molar refractivity (Wildman–Crippen MR) is 78.8 cm³/mol. The summed E-state index contributed by atoms with van der Waals surface area (Å²) in [5, 5.41) is 12.8. The van der Waals surface area contributed by atoms with Crippen molar-refractivity contribution in [2.24, 2.45) is 5.92 Å². The number of hydrogen-bond acceptors (Lipinski definition) is 4. The van der Waals surface area contributed by atoms with Crippen LogP contribution < -0.4 is 5.32 Å². The fourth-order valence-corrected chi connectivity index (χ4v) is 3.50. The molecule has 2 heterocycles. The highest BCUT2D eigenvalue weighted by Gasteiger charge is 2.32. The number of hydrogen-bond donors (Lipinski definition) is 2. The number of halogens is 1. The molecule has 2 aliphatic heterocycles. The Morgan fingerprint density at radius 3 is 2.62 bits per heavy atom. The Bertz CT molecular complexity index is 453. The average Bonchev–Trinajstić information content (AvgIpc) is 2.52. The molecule has 0 aromatic heterocycles. The van der Waals surface area contributed by atoms with Gasteiger partial charge in [-0.2, -0.15) is 0 Å². The average molecular weight is 294 g/mol. The molecule has 2 aliphatic rings. The van der Waals surface area contributed by atoms with Crippen molar-refractivity contribution >= 4 is 0 Å². The molecule has 2 N–H and O–H groups in total. The molecule has 0 saturated carbocycles. The van der Waals surface area contributed by atoms with Gasteiger partial charge in [0, 0.05) is 57.1 Å². The van der Waals surface area contributed by atoms with Gasteiger partial charge in [-0.05, 0) is 24.8 Å². The van der Waals surface area contributed by atoms with E-state index >= 15 is 0 Å². The monoisotopic (exact) mass is 294 g/mol. The second-order valence-corrected chi connectivity index (χ2v) is 5.89. The molecule has 0 unspecified atom stereocenters. The number of benzene rings is 1. The van der Waals surface area contributed by atoms with Gasteiger partial charge in [-0.1, -0.05) is 6.07 Å². The van der Waals surface area contributed by atoms with Crippen LogP contribution in [0.25, 0.3) is 0 Å². The molecule has 116 valence electrons. The van der Waals surface area contributed by atoms with Crippen LogP contribution in [0.3, 0.4) is 0 Å². The summed E-state index contributed by atoms with van der Waals surface area (Å²) in [5.74, 6) is 0.100. The summed E-state index contributed by atoms with van der Waals surface area (Å²) < 4.78 is 19.8. The van der Waals surface area contributed by atoms with E-state index in [0.717, 1.165) is 52.2 Å². The molecule has 21 heavy (non-hydrogen) atoms. The number of piperazine rings is 1. The van der Waals surface area contributed by atoms with E-state index in [2.05, 4.69) is 10.2 Å². The minimum Gasteiger partial charge on any atom is -0.508 e. The Labute approximate surface area is 124 Å². The Balaban J connectivity index is 1.89. The molecule has 5 heteroatoms. The summed E-state index contributed by atoms with van der Waals surface area (Å²) in [4.78, 5) is 2.38. The molecule has 1 atom stereocenters. The Hall–Kier alpha value is -1.17. The first kappa shape index (κ1) is 14.8. The molecule has 2 saturated heterocycles. The van der Waals surface area contributed by atoms with Crippen LogP contribution in [0.4, 0.5) is 4.39 Å². The van der Waals surface area contributed by atoms with Gasteiger partial charge in [0.15, 0.2) is 0 Å². The van der Waals surface area contributed by atoms with Crippen LogP contribution in [-0.4, -0.2) is 49.4 Å². The fourth-order valence-electron chi connectivity index (χ4n) is 3.50. The molecule has 0 amide bonds. The molecule has 0 spiro atoms. The zero-order valence-electron chi connectivity index (χ0n) is 12.2. The van der Waals surface area contributed by atoms with E-state index in [0.29, 0.717) is 11.5 Å². The Morgan fingerprint density at radius 2 is 1.95 bits per heavy atom. The second-order valence-electron chi connectivity index (χ2n) is 5.89. The van der Waals surface area contributed by atoms with E-state index in [1.165, 1.54) is 6.07 Å². The third-order valence-corrected chi connectivity index (χ3v) is 4.56. The molecule has 0 aliphatic carbocycles. The predicted octanol–water partition coefficient (Wildman–Crippen LogP) is 1.90. The summed E-state index contributed by atoms with van der Waals surface area (Å²) in [6, 6.07) is 4.64. The lowest BCUT2D eigenvalue weighted by Gasteiger charge is -2.41. The number of rotatable bonds is 3. The standard InChI is InChI=1S/C16H23FN2O2/c17-15-11-13(20)1-2-14(15)16(12-3-9-21-10-4-12)19-7-5-18-6-8-19/h1-2,11-12,16,18,20H,3-10H2/t16-/m0/s1. The molecule has 2 fully saturated rings. The van der Waals surface area contributed by atoms with Crippen LogP contribution in [0.1, 0.15) is 24.4 Å². The van der Waals surface area contributed by atoms with E-state index in [9.17, 15) is 9.50 Å². The topological polar surface area (TPSA) is 44.7 Å². The molecular formula is C16H23FN2O2. The first-order valence-electron chi connectivity index (χ1n) is 7.76. The van der Waals surface area contributed by atoms with E-state index < -0.39 is 0 Å². The van der Waals surface area contributed by atoms with Crippen molar-refractivity contribution in [1.29, 1.82) is 0 Å². The SMILES string of the molecule is Oc1ccc([C@H](C2CCOCC2)N2CCNCC2)c(F)c1. The maximum Gasteiger partial charge on any atom is 0.131 e. The Morgan fingerprint density at radius 1 is 1.24 bits per heavy atom. The third-order valence-electron chi connectivity index (χ3n) is 4.56. The molecule has 1 aromatic rings. The molecule has 3 rings (SSSR count). The fraction of sp³-hybridized carbons (Fsp3) is 0.625. The van der Waals surface area contributed by atoms with Gasteiger partial charge in [0.2, 0.25) is 0 Å². The number of phenolic OH excluding ortho intramolecular Hbond substituents is 1. The van der Waals surface area contributed by atoms with E-state index in [-0.39, 0.29) is 17.6 Å². The van der Waals surface area contributed by atoms with Crippen molar-refractivity contribution in [2.45, 2.75) is 18.9 Å². The van der Waals surface area contributed by atoms with E-state index in [4.69, 9.17) is 4.74 Å².